The molecule has 0 atom stereocenters. The van der Waals surface area contributed by atoms with Crippen molar-refractivity contribution >= 4 is 15.7 Å². The summed E-state index contributed by atoms with van der Waals surface area (Å²) in [7, 11) is -3.50. The van der Waals surface area contributed by atoms with E-state index in [1.165, 1.54) is 0 Å². The van der Waals surface area contributed by atoms with Gasteiger partial charge < -0.3 is 5.73 Å². The number of rotatable bonds is 4. The Morgan fingerprint density at radius 1 is 1.32 bits per heavy atom. The molecule has 1 aromatic rings. The molecule has 0 spiro atoms. The summed E-state index contributed by atoms with van der Waals surface area (Å²) in [6, 6.07) is 5.09. The highest BCUT2D eigenvalue weighted by Crippen LogP contribution is 2.31. The summed E-state index contributed by atoms with van der Waals surface area (Å²) in [6.45, 7) is 3.93. The average molecular weight is 282 g/mol. The van der Waals surface area contributed by atoms with Crippen LogP contribution in [0.25, 0.3) is 0 Å². The molecule has 1 aliphatic carbocycles. The van der Waals surface area contributed by atoms with Gasteiger partial charge >= 0.3 is 0 Å². The van der Waals surface area contributed by atoms with Crippen molar-refractivity contribution in [3.8, 4) is 0 Å². The van der Waals surface area contributed by atoms with E-state index in [9.17, 15) is 8.42 Å². The van der Waals surface area contributed by atoms with Crippen molar-refractivity contribution in [2.75, 3.05) is 5.73 Å². The van der Waals surface area contributed by atoms with Crippen LogP contribution in [0.2, 0.25) is 0 Å². The number of anilines is 1. The Morgan fingerprint density at radius 3 is 2.53 bits per heavy atom. The van der Waals surface area contributed by atoms with Crippen molar-refractivity contribution in [2.45, 2.75) is 56.4 Å². The third-order valence-corrected chi connectivity index (χ3v) is 5.57. The maximum absolute atomic E-state index is 12.6. The zero-order valence-corrected chi connectivity index (χ0v) is 12.4. The lowest BCUT2D eigenvalue weighted by molar-refractivity contribution is 0.427. The average Bonchev–Trinajstić information content (AvgIpc) is 2.74. The Morgan fingerprint density at radius 2 is 1.95 bits per heavy atom. The molecule has 106 valence electrons. The Balaban J connectivity index is 2.36. The number of aryl methyl sites for hydroxylation is 1. The van der Waals surface area contributed by atoms with E-state index >= 15 is 0 Å². The largest absolute Gasteiger partial charge is 0.399 e. The van der Waals surface area contributed by atoms with E-state index in [4.69, 9.17) is 5.73 Å². The van der Waals surface area contributed by atoms with Crippen molar-refractivity contribution in [1.82, 2.24) is 4.72 Å². The second kappa shape index (κ2) is 5.13. The highest BCUT2D eigenvalue weighted by atomic mass is 32.2. The van der Waals surface area contributed by atoms with Gasteiger partial charge in [-0.25, -0.2) is 13.1 Å². The fraction of sp³-hybridized carbons (Fsp3) is 0.571. The number of sulfonamides is 1. The predicted molar refractivity (Wildman–Crippen MR) is 77.4 cm³/mol. The molecule has 19 heavy (non-hydrogen) atoms. The maximum atomic E-state index is 12.6. The van der Waals surface area contributed by atoms with E-state index in [1.807, 2.05) is 13.8 Å². The SMILES string of the molecule is CCc1ccc(N)cc1S(=O)(=O)NC1(C)CCCC1. The molecule has 1 fully saturated rings. The number of benzene rings is 1. The highest BCUT2D eigenvalue weighted by Gasteiger charge is 2.34. The Labute approximate surface area is 115 Å². The summed E-state index contributed by atoms with van der Waals surface area (Å²) < 4.78 is 28.0. The summed E-state index contributed by atoms with van der Waals surface area (Å²) in [5.41, 5.74) is 6.71. The molecule has 0 unspecified atom stereocenters. The van der Waals surface area contributed by atoms with Crippen molar-refractivity contribution in [2.24, 2.45) is 0 Å². The summed E-state index contributed by atoms with van der Waals surface area (Å²) in [4.78, 5) is 0.322. The first kappa shape index (κ1) is 14.3. The highest BCUT2D eigenvalue weighted by molar-refractivity contribution is 7.89. The van der Waals surface area contributed by atoms with Crippen LogP contribution in [0.4, 0.5) is 5.69 Å². The zero-order valence-electron chi connectivity index (χ0n) is 11.6. The smallest absolute Gasteiger partial charge is 0.241 e. The van der Waals surface area contributed by atoms with Crippen molar-refractivity contribution in [3.63, 3.8) is 0 Å². The molecule has 0 aromatic heterocycles. The molecule has 1 aromatic carbocycles. The topological polar surface area (TPSA) is 72.2 Å². The van der Waals surface area contributed by atoms with Crippen LogP contribution in [0.3, 0.4) is 0 Å². The van der Waals surface area contributed by atoms with Crippen molar-refractivity contribution in [1.29, 1.82) is 0 Å². The monoisotopic (exact) mass is 282 g/mol. The summed E-state index contributed by atoms with van der Waals surface area (Å²) >= 11 is 0. The fourth-order valence-electron chi connectivity index (χ4n) is 2.75. The van der Waals surface area contributed by atoms with E-state index in [-0.39, 0.29) is 5.54 Å². The minimum atomic E-state index is -3.50. The minimum absolute atomic E-state index is 0.311. The number of nitrogens with two attached hydrogens (primary N) is 1. The molecule has 0 heterocycles. The Kier molecular flexibility index (Phi) is 3.87. The van der Waals surface area contributed by atoms with Gasteiger partial charge in [0.15, 0.2) is 0 Å². The van der Waals surface area contributed by atoms with Crippen LogP contribution in [0.5, 0.6) is 0 Å². The van der Waals surface area contributed by atoms with Crippen LogP contribution in [0.15, 0.2) is 23.1 Å². The molecule has 1 aliphatic rings. The first-order valence-corrected chi connectivity index (χ1v) is 8.27. The van der Waals surface area contributed by atoms with Gasteiger partial charge in [0.25, 0.3) is 0 Å². The molecule has 3 N–H and O–H groups in total. The molecule has 0 bridgehead atoms. The first-order chi connectivity index (χ1) is 8.86. The molecular weight excluding hydrogens is 260 g/mol. The standard InChI is InChI=1S/C14H22N2O2S/c1-3-11-6-7-12(15)10-13(11)19(17,18)16-14(2)8-4-5-9-14/h6-7,10,16H,3-5,8-9,15H2,1-2H3. The van der Waals surface area contributed by atoms with Gasteiger partial charge in [-0.3, -0.25) is 0 Å². The molecule has 4 nitrogen and oxygen atoms in total. The second-order valence-corrected chi connectivity index (χ2v) is 7.24. The van der Waals surface area contributed by atoms with Gasteiger partial charge in [0.2, 0.25) is 10.0 Å². The lowest BCUT2D eigenvalue weighted by Crippen LogP contribution is -2.43. The molecule has 2 rings (SSSR count). The van der Waals surface area contributed by atoms with Gasteiger partial charge in [0.1, 0.15) is 0 Å². The predicted octanol–water partition coefficient (Wildman–Crippen LogP) is 2.44. The van der Waals surface area contributed by atoms with Crippen LogP contribution < -0.4 is 10.5 Å². The van der Waals surface area contributed by atoms with Crippen LogP contribution >= 0.6 is 0 Å². The summed E-state index contributed by atoms with van der Waals surface area (Å²) in [5.74, 6) is 0. The molecule has 0 amide bonds. The Hall–Kier alpha value is -1.07. The molecular formula is C14H22N2O2S. The lowest BCUT2D eigenvalue weighted by atomic mass is 10.0. The van der Waals surface area contributed by atoms with Gasteiger partial charge in [-0.1, -0.05) is 25.8 Å². The second-order valence-electron chi connectivity index (χ2n) is 5.59. The Bertz CT molecular complexity index is 561. The van der Waals surface area contributed by atoms with Crippen molar-refractivity contribution < 1.29 is 8.42 Å². The fourth-order valence-corrected chi connectivity index (χ4v) is 4.56. The normalized spacial score (nSPS) is 18.6. The van der Waals surface area contributed by atoms with E-state index in [0.29, 0.717) is 17.0 Å². The van der Waals surface area contributed by atoms with E-state index in [2.05, 4.69) is 4.72 Å². The minimum Gasteiger partial charge on any atom is -0.399 e. The van der Waals surface area contributed by atoms with E-state index in [0.717, 1.165) is 31.2 Å². The zero-order chi connectivity index (χ0) is 14.1. The van der Waals surface area contributed by atoms with Gasteiger partial charge in [0, 0.05) is 11.2 Å². The van der Waals surface area contributed by atoms with E-state index < -0.39 is 10.0 Å². The van der Waals surface area contributed by atoms with Crippen LogP contribution in [-0.4, -0.2) is 14.0 Å². The molecule has 0 radical (unpaired) electrons. The van der Waals surface area contributed by atoms with Gasteiger partial charge in [0.05, 0.1) is 4.90 Å². The van der Waals surface area contributed by atoms with Crippen LogP contribution in [-0.2, 0) is 16.4 Å². The number of nitrogen functional groups attached to an aromatic ring is 1. The number of hydrogen-bond acceptors (Lipinski definition) is 3. The molecule has 0 saturated heterocycles. The quantitative estimate of drug-likeness (QED) is 0.833. The lowest BCUT2D eigenvalue weighted by Gasteiger charge is -2.25. The third kappa shape index (κ3) is 3.09. The number of hydrogen-bond donors (Lipinski definition) is 2. The van der Waals surface area contributed by atoms with Crippen LogP contribution in [0, 0.1) is 0 Å². The molecule has 5 heteroatoms. The summed E-state index contributed by atoms with van der Waals surface area (Å²) in [5, 5.41) is 0. The van der Waals surface area contributed by atoms with Crippen LogP contribution in [0.1, 0.15) is 45.1 Å². The third-order valence-electron chi connectivity index (χ3n) is 3.85. The van der Waals surface area contributed by atoms with E-state index in [1.54, 1.807) is 18.2 Å². The molecule has 1 saturated carbocycles. The van der Waals surface area contributed by atoms with Crippen molar-refractivity contribution in [3.05, 3.63) is 23.8 Å². The summed E-state index contributed by atoms with van der Waals surface area (Å²) in [6.07, 6.45) is 4.63. The van der Waals surface area contributed by atoms with Gasteiger partial charge in [-0.05, 0) is 43.9 Å². The van der Waals surface area contributed by atoms with Gasteiger partial charge in [-0.2, -0.15) is 0 Å². The molecule has 0 aliphatic heterocycles. The maximum Gasteiger partial charge on any atom is 0.241 e. The van der Waals surface area contributed by atoms with Gasteiger partial charge in [-0.15, -0.1) is 0 Å². The first-order valence-electron chi connectivity index (χ1n) is 6.79. The number of nitrogens with one attached hydrogen (secondary N) is 1.